The number of sulfonamides is 1. The first-order valence-electron chi connectivity index (χ1n) is 12.1. The van der Waals surface area contributed by atoms with Gasteiger partial charge in [-0.25, -0.2) is 8.42 Å². The molecule has 0 fully saturated rings. The summed E-state index contributed by atoms with van der Waals surface area (Å²) in [5.41, 5.74) is 3.27. The van der Waals surface area contributed by atoms with Crippen LogP contribution in [0.3, 0.4) is 0 Å². The van der Waals surface area contributed by atoms with Crippen LogP contribution < -0.4 is 9.62 Å². The predicted molar refractivity (Wildman–Crippen MR) is 142 cm³/mol. The summed E-state index contributed by atoms with van der Waals surface area (Å²) < 4.78 is 26.9. The van der Waals surface area contributed by atoms with Crippen LogP contribution in [-0.4, -0.2) is 50.0 Å². The maximum atomic E-state index is 13.8. The predicted octanol–water partition coefficient (Wildman–Crippen LogP) is 4.22. The van der Waals surface area contributed by atoms with Crippen molar-refractivity contribution in [3.05, 3.63) is 65.2 Å². The maximum absolute atomic E-state index is 13.8. The molecule has 0 spiro atoms. The second-order valence-corrected chi connectivity index (χ2v) is 11.5. The van der Waals surface area contributed by atoms with Crippen LogP contribution in [0.2, 0.25) is 0 Å². The van der Waals surface area contributed by atoms with Crippen molar-refractivity contribution in [2.45, 2.75) is 72.5 Å². The molecule has 0 bridgehead atoms. The average molecular weight is 502 g/mol. The molecule has 0 aromatic heterocycles. The molecule has 7 nitrogen and oxygen atoms in total. The molecule has 0 aliphatic heterocycles. The molecule has 2 amide bonds. The highest BCUT2D eigenvalue weighted by molar-refractivity contribution is 7.92. The Morgan fingerprint density at radius 1 is 0.971 bits per heavy atom. The molecule has 8 heteroatoms. The molecule has 0 aliphatic rings. The minimum absolute atomic E-state index is 0.0643. The number of rotatable bonds is 11. The van der Waals surface area contributed by atoms with Crippen LogP contribution in [0.5, 0.6) is 0 Å². The highest BCUT2D eigenvalue weighted by Gasteiger charge is 2.32. The Bertz CT molecular complexity index is 1110. The lowest BCUT2D eigenvalue weighted by Gasteiger charge is -2.33. The van der Waals surface area contributed by atoms with E-state index in [0.29, 0.717) is 12.1 Å². The van der Waals surface area contributed by atoms with Crippen LogP contribution in [0.1, 0.15) is 63.6 Å². The van der Waals surface area contributed by atoms with E-state index in [2.05, 4.69) is 5.32 Å². The van der Waals surface area contributed by atoms with E-state index in [1.54, 1.807) is 12.1 Å². The molecule has 0 heterocycles. The summed E-state index contributed by atoms with van der Waals surface area (Å²) >= 11 is 0. The fourth-order valence-electron chi connectivity index (χ4n) is 3.99. The fraction of sp³-hybridized carbons (Fsp3) is 0.481. The van der Waals surface area contributed by atoms with Gasteiger partial charge in [0.2, 0.25) is 21.8 Å². The Morgan fingerprint density at radius 2 is 1.57 bits per heavy atom. The Balaban J connectivity index is 2.50. The first-order chi connectivity index (χ1) is 16.3. The molecule has 0 radical (unpaired) electrons. The molecule has 1 atom stereocenters. The Hall–Kier alpha value is -2.87. The zero-order valence-corrected chi connectivity index (χ0v) is 22.7. The number of hydrogen-bond donors (Lipinski definition) is 1. The van der Waals surface area contributed by atoms with Gasteiger partial charge in [-0.2, -0.15) is 0 Å². The number of carbonyl (C=O) groups is 2. The van der Waals surface area contributed by atoms with Gasteiger partial charge in [-0.15, -0.1) is 0 Å². The summed E-state index contributed by atoms with van der Waals surface area (Å²) in [5.74, 6) is -0.619. The largest absolute Gasteiger partial charge is 0.352 e. The van der Waals surface area contributed by atoms with Crippen molar-refractivity contribution >= 4 is 27.5 Å². The molecular weight excluding hydrogens is 462 g/mol. The zero-order valence-electron chi connectivity index (χ0n) is 21.9. The Kier molecular flexibility index (Phi) is 9.89. The minimum atomic E-state index is -3.77. The van der Waals surface area contributed by atoms with Crippen LogP contribution in [0.4, 0.5) is 5.69 Å². The van der Waals surface area contributed by atoms with Crippen molar-refractivity contribution < 1.29 is 18.0 Å². The number of aryl methyl sites for hydroxylation is 1. The quantitative estimate of drug-likeness (QED) is 0.500. The van der Waals surface area contributed by atoms with Crippen LogP contribution in [0, 0.1) is 6.92 Å². The summed E-state index contributed by atoms with van der Waals surface area (Å²) in [4.78, 5) is 28.3. The van der Waals surface area contributed by atoms with Crippen molar-refractivity contribution in [2.75, 3.05) is 17.1 Å². The molecule has 35 heavy (non-hydrogen) atoms. The van der Waals surface area contributed by atoms with E-state index in [1.165, 1.54) is 4.90 Å². The number of benzene rings is 2. The van der Waals surface area contributed by atoms with E-state index in [4.69, 9.17) is 0 Å². The smallest absolute Gasteiger partial charge is 0.244 e. The lowest BCUT2D eigenvalue weighted by Crippen LogP contribution is -2.53. The fourth-order valence-corrected chi connectivity index (χ4v) is 4.86. The lowest BCUT2D eigenvalue weighted by atomic mass is 10.0. The number of nitrogens with one attached hydrogen (secondary N) is 1. The van der Waals surface area contributed by atoms with Gasteiger partial charge < -0.3 is 10.2 Å². The molecule has 0 aliphatic carbocycles. The van der Waals surface area contributed by atoms with Gasteiger partial charge in [0.25, 0.3) is 0 Å². The van der Waals surface area contributed by atoms with Crippen LogP contribution in [0.25, 0.3) is 0 Å². The van der Waals surface area contributed by atoms with E-state index in [-0.39, 0.29) is 31.0 Å². The van der Waals surface area contributed by atoms with Gasteiger partial charge in [-0.05, 0) is 50.3 Å². The molecule has 1 N–H and O–H groups in total. The van der Waals surface area contributed by atoms with Crippen LogP contribution in [0.15, 0.2) is 48.5 Å². The van der Waals surface area contributed by atoms with Crippen LogP contribution in [-0.2, 0) is 26.2 Å². The van der Waals surface area contributed by atoms with Gasteiger partial charge >= 0.3 is 0 Å². The van der Waals surface area contributed by atoms with Gasteiger partial charge in [-0.1, -0.05) is 68.8 Å². The SMILES string of the molecule is CC[C@@H](C(=O)NC(C)C)N(Cc1ccc(C)cc1)C(=O)CN(c1ccccc1C(C)C)S(C)(=O)=O. The number of amides is 2. The summed E-state index contributed by atoms with van der Waals surface area (Å²) in [6.45, 7) is 11.3. The first kappa shape index (κ1) is 28.4. The van der Waals surface area contributed by atoms with Gasteiger partial charge in [0.05, 0.1) is 11.9 Å². The third-order valence-corrected chi connectivity index (χ3v) is 6.92. The summed E-state index contributed by atoms with van der Waals surface area (Å²) in [6, 6.07) is 14.1. The molecule has 2 aromatic rings. The molecular formula is C27H39N3O4S. The average Bonchev–Trinajstić information content (AvgIpc) is 2.77. The number of anilines is 1. The molecule has 2 rings (SSSR count). The van der Waals surface area contributed by atoms with E-state index < -0.39 is 22.0 Å². The Morgan fingerprint density at radius 3 is 2.09 bits per heavy atom. The molecule has 0 unspecified atom stereocenters. The van der Waals surface area contributed by atoms with E-state index >= 15 is 0 Å². The summed E-state index contributed by atoms with van der Waals surface area (Å²) in [6.07, 6.45) is 1.50. The van der Waals surface area contributed by atoms with Gasteiger partial charge in [0.15, 0.2) is 0 Å². The third-order valence-electron chi connectivity index (χ3n) is 5.80. The molecule has 0 saturated heterocycles. The zero-order chi connectivity index (χ0) is 26.3. The minimum Gasteiger partial charge on any atom is -0.352 e. The number of nitrogens with zero attached hydrogens (tertiary/aromatic N) is 2. The maximum Gasteiger partial charge on any atom is 0.244 e. The van der Waals surface area contributed by atoms with Crippen molar-refractivity contribution in [1.29, 1.82) is 0 Å². The van der Waals surface area contributed by atoms with Gasteiger partial charge in [-0.3, -0.25) is 13.9 Å². The van der Waals surface area contributed by atoms with Gasteiger partial charge in [0.1, 0.15) is 12.6 Å². The third kappa shape index (κ3) is 7.82. The van der Waals surface area contributed by atoms with Crippen molar-refractivity contribution in [3.8, 4) is 0 Å². The van der Waals surface area contributed by atoms with Crippen molar-refractivity contribution in [3.63, 3.8) is 0 Å². The van der Waals surface area contributed by atoms with Gasteiger partial charge in [0, 0.05) is 12.6 Å². The van der Waals surface area contributed by atoms with Crippen LogP contribution >= 0.6 is 0 Å². The number of para-hydroxylation sites is 1. The van der Waals surface area contributed by atoms with E-state index in [9.17, 15) is 18.0 Å². The second-order valence-electron chi connectivity index (χ2n) is 9.58. The Labute approximate surface area is 210 Å². The summed E-state index contributed by atoms with van der Waals surface area (Å²) in [5, 5.41) is 2.90. The monoisotopic (exact) mass is 501 g/mol. The highest BCUT2D eigenvalue weighted by Crippen LogP contribution is 2.29. The molecule has 0 saturated carbocycles. The normalized spacial score (nSPS) is 12.5. The second kappa shape index (κ2) is 12.2. The topological polar surface area (TPSA) is 86.8 Å². The molecule has 2 aromatic carbocycles. The standard InChI is InChI=1S/C27H39N3O4S/c1-8-24(27(32)28-20(4)5)29(17-22-15-13-21(6)14-16-22)26(31)18-30(35(7,33)34)25-12-10-9-11-23(25)19(2)3/h9-16,19-20,24H,8,17-18H2,1-7H3,(H,28,32)/t24-/m0/s1. The van der Waals surface area contributed by atoms with E-state index in [0.717, 1.165) is 27.3 Å². The van der Waals surface area contributed by atoms with E-state index in [1.807, 2.05) is 77.9 Å². The summed E-state index contributed by atoms with van der Waals surface area (Å²) in [7, 11) is -3.77. The van der Waals surface area contributed by atoms with Crippen molar-refractivity contribution in [1.82, 2.24) is 10.2 Å². The number of carbonyl (C=O) groups excluding carboxylic acids is 2. The lowest BCUT2D eigenvalue weighted by molar-refractivity contribution is -0.140. The first-order valence-corrected chi connectivity index (χ1v) is 13.9. The highest BCUT2D eigenvalue weighted by atomic mass is 32.2. The molecule has 192 valence electrons. The number of hydrogen-bond acceptors (Lipinski definition) is 4. The van der Waals surface area contributed by atoms with Crippen molar-refractivity contribution in [2.24, 2.45) is 0 Å².